The molecule has 9 nitrogen and oxygen atoms in total. The molecule has 144 valence electrons. The topological polar surface area (TPSA) is 92.7 Å². The van der Waals surface area contributed by atoms with Crippen molar-refractivity contribution in [3.8, 4) is 11.6 Å². The molecule has 0 aliphatic heterocycles. The maximum atomic E-state index is 13.0. The van der Waals surface area contributed by atoms with E-state index < -0.39 is 0 Å². The van der Waals surface area contributed by atoms with Gasteiger partial charge in [0.1, 0.15) is 30.6 Å². The quantitative estimate of drug-likeness (QED) is 0.470. The summed E-state index contributed by atoms with van der Waals surface area (Å²) in [6.07, 6.45) is 4.80. The molecular formula is C20H17N7O2. The molecule has 0 radical (unpaired) electrons. The lowest BCUT2D eigenvalue weighted by Gasteiger charge is -2.06. The highest BCUT2D eigenvalue weighted by molar-refractivity contribution is 6.07. The lowest BCUT2D eigenvalue weighted by Crippen LogP contribution is -2.26. The van der Waals surface area contributed by atoms with Gasteiger partial charge in [0.2, 0.25) is 5.88 Å². The molecule has 29 heavy (non-hydrogen) atoms. The van der Waals surface area contributed by atoms with Crippen LogP contribution >= 0.6 is 0 Å². The fourth-order valence-corrected chi connectivity index (χ4v) is 3.45. The van der Waals surface area contributed by atoms with Crippen LogP contribution < -0.4 is 10.3 Å². The molecule has 0 spiro atoms. The molecule has 9 heteroatoms. The Balaban J connectivity index is 1.61. The van der Waals surface area contributed by atoms with Crippen LogP contribution in [0.15, 0.2) is 60.0 Å². The molecule has 1 aromatic carbocycles. The van der Waals surface area contributed by atoms with E-state index in [1.54, 1.807) is 23.4 Å². The predicted octanol–water partition coefficient (Wildman–Crippen LogP) is 2.48. The second-order valence-corrected chi connectivity index (χ2v) is 6.79. The minimum absolute atomic E-state index is 0.183. The zero-order valence-electron chi connectivity index (χ0n) is 15.9. The van der Waals surface area contributed by atoms with E-state index in [4.69, 9.17) is 4.74 Å². The van der Waals surface area contributed by atoms with E-state index in [0.717, 1.165) is 22.0 Å². The molecule has 4 aromatic heterocycles. The lowest BCUT2D eigenvalue weighted by atomic mass is 10.2. The minimum atomic E-state index is -0.183. The molecule has 0 saturated heterocycles. The average molecular weight is 387 g/mol. The molecule has 0 saturated carbocycles. The fourth-order valence-electron chi connectivity index (χ4n) is 3.45. The number of hydrogen-bond donors (Lipinski definition) is 0. The van der Waals surface area contributed by atoms with Crippen molar-refractivity contribution in [2.45, 2.75) is 13.6 Å². The molecule has 5 rings (SSSR count). The van der Waals surface area contributed by atoms with Crippen molar-refractivity contribution < 1.29 is 4.74 Å². The Morgan fingerprint density at radius 3 is 2.69 bits per heavy atom. The molecule has 0 atom stereocenters. The highest BCUT2D eigenvalue weighted by atomic mass is 16.5. The Hall–Kier alpha value is -4.01. The van der Waals surface area contributed by atoms with Gasteiger partial charge in [-0.15, -0.1) is 10.2 Å². The normalized spacial score (nSPS) is 11.4. The van der Waals surface area contributed by atoms with Crippen molar-refractivity contribution in [3.05, 3.63) is 71.3 Å². The van der Waals surface area contributed by atoms with E-state index >= 15 is 0 Å². The predicted molar refractivity (Wildman–Crippen MR) is 107 cm³/mol. The summed E-state index contributed by atoms with van der Waals surface area (Å²) in [4.78, 5) is 17.4. The van der Waals surface area contributed by atoms with Gasteiger partial charge in [0.25, 0.3) is 5.56 Å². The van der Waals surface area contributed by atoms with Crippen LogP contribution in [0, 0.1) is 6.92 Å². The molecule has 0 N–H and O–H groups in total. The monoisotopic (exact) mass is 387 g/mol. The first kappa shape index (κ1) is 17.1. The number of rotatable bonds is 4. The van der Waals surface area contributed by atoms with Crippen LogP contribution in [0.4, 0.5) is 0 Å². The molecule has 5 aromatic rings. The summed E-state index contributed by atoms with van der Waals surface area (Å²) in [7, 11) is 1.86. The van der Waals surface area contributed by atoms with Crippen molar-refractivity contribution in [1.29, 1.82) is 0 Å². The summed E-state index contributed by atoms with van der Waals surface area (Å²) in [5.41, 5.74) is 2.16. The van der Waals surface area contributed by atoms with Crippen LogP contribution in [0.2, 0.25) is 0 Å². The Labute approximate surface area is 164 Å². The van der Waals surface area contributed by atoms with Gasteiger partial charge in [0.15, 0.2) is 0 Å². The first-order valence-electron chi connectivity index (χ1n) is 9.02. The van der Waals surface area contributed by atoms with Crippen molar-refractivity contribution in [3.63, 3.8) is 0 Å². The molecule has 0 aliphatic rings. The van der Waals surface area contributed by atoms with E-state index in [1.807, 2.05) is 54.9 Å². The number of aromatic nitrogens is 7. The Bertz CT molecular complexity index is 1400. The Kier molecular flexibility index (Phi) is 3.87. The summed E-state index contributed by atoms with van der Waals surface area (Å²) >= 11 is 0. The van der Waals surface area contributed by atoms with Crippen LogP contribution in [0.3, 0.4) is 0 Å². The number of hydrogen-bond acceptors (Lipinski definition) is 6. The second-order valence-electron chi connectivity index (χ2n) is 6.79. The molecule has 0 unspecified atom stereocenters. The number of ether oxygens (including phenoxy) is 1. The van der Waals surface area contributed by atoms with Crippen LogP contribution in [0.5, 0.6) is 11.6 Å². The molecular weight excluding hydrogens is 370 g/mol. The summed E-state index contributed by atoms with van der Waals surface area (Å²) in [5, 5.41) is 13.6. The number of aryl methyl sites for hydroxylation is 2. The van der Waals surface area contributed by atoms with Gasteiger partial charge in [0, 0.05) is 35.6 Å². The van der Waals surface area contributed by atoms with E-state index in [2.05, 4.69) is 20.3 Å². The Morgan fingerprint density at radius 1 is 1.07 bits per heavy atom. The highest BCUT2D eigenvalue weighted by Gasteiger charge is 2.15. The Morgan fingerprint density at radius 2 is 1.90 bits per heavy atom. The number of nitrogens with zero attached hydrogens (tertiary/aromatic N) is 7. The summed E-state index contributed by atoms with van der Waals surface area (Å²) in [5.74, 6) is 1.18. The molecule has 0 fully saturated rings. The van der Waals surface area contributed by atoms with Gasteiger partial charge >= 0.3 is 0 Å². The van der Waals surface area contributed by atoms with Crippen LogP contribution in [-0.2, 0) is 13.7 Å². The van der Waals surface area contributed by atoms with Gasteiger partial charge in [0.05, 0.1) is 11.7 Å². The van der Waals surface area contributed by atoms with Gasteiger partial charge < -0.3 is 9.30 Å². The molecule has 0 aliphatic carbocycles. The molecule has 4 heterocycles. The van der Waals surface area contributed by atoms with E-state index in [1.165, 1.54) is 4.68 Å². The average Bonchev–Trinajstić information content (AvgIpc) is 3.31. The van der Waals surface area contributed by atoms with Gasteiger partial charge in [-0.1, -0.05) is 6.07 Å². The first-order chi connectivity index (χ1) is 14.1. The third-order valence-electron chi connectivity index (χ3n) is 4.82. The second kappa shape index (κ2) is 6.55. The van der Waals surface area contributed by atoms with Crippen molar-refractivity contribution >= 4 is 21.8 Å². The zero-order valence-corrected chi connectivity index (χ0v) is 15.9. The molecule has 0 amide bonds. The standard InChI is InChI=1S/C20H17N7O2/c1-13-4-3-5-18(24-13)29-14-6-7-15-16-9-23-27(12-26-10-21-22-11-26)20(28)19(16)25(2)17(15)8-14/h3-11H,12H2,1-2H3. The number of fused-ring (bicyclic) bond motifs is 3. The largest absolute Gasteiger partial charge is 0.439 e. The highest BCUT2D eigenvalue weighted by Crippen LogP contribution is 2.30. The molecule has 0 bridgehead atoms. The van der Waals surface area contributed by atoms with Gasteiger partial charge in [-0.25, -0.2) is 9.67 Å². The summed E-state index contributed by atoms with van der Waals surface area (Å²) < 4.78 is 10.8. The maximum Gasteiger partial charge on any atom is 0.293 e. The van der Waals surface area contributed by atoms with Crippen LogP contribution in [0.25, 0.3) is 21.8 Å². The SMILES string of the molecule is Cc1cccc(Oc2ccc3c4cnn(Cn5cnnc5)c(=O)c4n(C)c3c2)n1. The van der Waals surface area contributed by atoms with Gasteiger partial charge in [-0.2, -0.15) is 5.10 Å². The van der Waals surface area contributed by atoms with Crippen LogP contribution in [-0.4, -0.2) is 34.1 Å². The third-order valence-corrected chi connectivity index (χ3v) is 4.82. The van der Waals surface area contributed by atoms with Gasteiger partial charge in [-0.3, -0.25) is 9.36 Å². The van der Waals surface area contributed by atoms with Crippen molar-refractivity contribution in [2.24, 2.45) is 7.05 Å². The number of pyridine rings is 1. The van der Waals surface area contributed by atoms with E-state index in [-0.39, 0.29) is 12.2 Å². The van der Waals surface area contributed by atoms with E-state index in [0.29, 0.717) is 17.1 Å². The van der Waals surface area contributed by atoms with Crippen LogP contribution in [0.1, 0.15) is 5.69 Å². The first-order valence-corrected chi connectivity index (χ1v) is 9.02. The number of benzene rings is 1. The summed E-state index contributed by atoms with van der Waals surface area (Å²) in [6, 6.07) is 11.3. The summed E-state index contributed by atoms with van der Waals surface area (Å²) in [6.45, 7) is 2.16. The fraction of sp³-hybridized carbons (Fsp3) is 0.150. The van der Waals surface area contributed by atoms with Crippen molar-refractivity contribution in [1.82, 2.24) is 34.1 Å². The van der Waals surface area contributed by atoms with E-state index in [9.17, 15) is 4.79 Å². The lowest BCUT2D eigenvalue weighted by molar-refractivity contribution is 0.462. The zero-order chi connectivity index (χ0) is 20.0. The minimum Gasteiger partial charge on any atom is -0.439 e. The smallest absolute Gasteiger partial charge is 0.293 e. The maximum absolute atomic E-state index is 13.0. The van der Waals surface area contributed by atoms with Gasteiger partial charge in [-0.05, 0) is 25.1 Å². The third kappa shape index (κ3) is 2.92. The van der Waals surface area contributed by atoms with Crippen molar-refractivity contribution in [2.75, 3.05) is 0 Å².